The fraction of sp³-hybridized carbons (Fsp3) is 0.148. The van der Waals surface area contributed by atoms with E-state index in [4.69, 9.17) is 4.74 Å². The normalized spacial score (nSPS) is 11.6. The lowest BCUT2D eigenvalue weighted by molar-refractivity contribution is -0.274. The Morgan fingerprint density at radius 2 is 1.62 bits per heavy atom. The summed E-state index contributed by atoms with van der Waals surface area (Å²) in [5, 5.41) is 2.73. The number of carbonyl (C=O) groups is 1. The molecule has 4 aromatic rings. The highest BCUT2D eigenvalue weighted by molar-refractivity contribution is 7.91. The number of ether oxygens (including phenoxy) is 2. The van der Waals surface area contributed by atoms with E-state index in [1.807, 2.05) is 0 Å². The van der Waals surface area contributed by atoms with Gasteiger partial charge in [-0.2, -0.15) is 0 Å². The Morgan fingerprint density at radius 1 is 0.949 bits per heavy atom. The van der Waals surface area contributed by atoms with Gasteiger partial charge in [0.15, 0.2) is 9.84 Å². The third-order valence-corrected chi connectivity index (χ3v) is 7.23. The highest BCUT2D eigenvalue weighted by Gasteiger charge is 2.31. The monoisotopic (exact) mass is 557 g/mol. The third-order valence-electron chi connectivity index (χ3n) is 5.48. The van der Waals surface area contributed by atoms with Crippen molar-refractivity contribution in [3.8, 4) is 39.5 Å². The standard InChI is InChI=1S/C27H22F3N3O5S/c1-3-39(35,36)22-9-7-18(8-10-22)25-24(33-17(2)34)12-11-23(19-14-31-16-32-15-19)26(25)37-20-5-4-6-21(13-20)38-27(28,29)30/h4-16H,3H2,1-2H3,(H,33,34). The van der Waals surface area contributed by atoms with Crippen LogP contribution in [0, 0.1) is 0 Å². The fourth-order valence-corrected chi connectivity index (χ4v) is 4.67. The Hall–Kier alpha value is -4.45. The first kappa shape index (κ1) is 27.6. The minimum atomic E-state index is -4.90. The summed E-state index contributed by atoms with van der Waals surface area (Å²) in [6, 6.07) is 14.3. The Bertz CT molecular complexity index is 1590. The number of nitrogens with zero attached hydrogens (tertiary/aromatic N) is 2. The molecular formula is C27H22F3N3O5S. The quantitative estimate of drug-likeness (QED) is 0.273. The Kier molecular flexibility index (Phi) is 7.86. The first-order valence-electron chi connectivity index (χ1n) is 11.5. The molecule has 0 spiro atoms. The summed E-state index contributed by atoms with van der Waals surface area (Å²) in [5.41, 5.74) is 2.15. The predicted molar refractivity (Wildman–Crippen MR) is 138 cm³/mol. The molecule has 0 saturated carbocycles. The molecule has 0 unspecified atom stereocenters. The molecule has 0 bridgehead atoms. The second kappa shape index (κ2) is 11.1. The number of hydrogen-bond donors (Lipinski definition) is 1. The van der Waals surface area contributed by atoms with Crippen molar-refractivity contribution in [2.75, 3.05) is 11.1 Å². The maximum Gasteiger partial charge on any atom is 0.573 e. The molecule has 0 atom stereocenters. The summed E-state index contributed by atoms with van der Waals surface area (Å²) < 4.78 is 73.4. The zero-order valence-electron chi connectivity index (χ0n) is 20.7. The Labute approximate surface area is 222 Å². The Morgan fingerprint density at radius 3 is 2.23 bits per heavy atom. The van der Waals surface area contributed by atoms with Crippen LogP contribution in [0.2, 0.25) is 0 Å². The molecule has 0 aliphatic carbocycles. The van der Waals surface area contributed by atoms with Gasteiger partial charge in [-0.1, -0.05) is 25.1 Å². The molecule has 3 aromatic carbocycles. The minimum Gasteiger partial charge on any atom is -0.456 e. The van der Waals surface area contributed by atoms with E-state index in [1.165, 1.54) is 56.8 Å². The average Bonchev–Trinajstić information content (AvgIpc) is 2.88. The van der Waals surface area contributed by atoms with Gasteiger partial charge >= 0.3 is 6.36 Å². The van der Waals surface area contributed by atoms with Gasteiger partial charge in [-0.3, -0.25) is 4.79 Å². The summed E-state index contributed by atoms with van der Waals surface area (Å²) in [5.74, 6) is -0.785. The fourth-order valence-electron chi connectivity index (χ4n) is 3.78. The molecule has 8 nitrogen and oxygen atoms in total. The lowest BCUT2D eigenvalue weighted by Crippen LogP contribution is -2.17. The SMILES string of the molecule is CCS(=O)(=O)c1ccc(-c2c(NC(C)=O)ccc(-c3cncnc3)c2Oc2cccc(OC(F)(F)F)c2)cc1. The van der Waals surface area contributed by atoms with Crippen LogP contribution in [0.25, 0.3) is 22.3 Å². The number of hydrogen-bond acceptors (Lipinski definition) is 7. The van der Waals surface area contributed by atoms with Gasteiger partial charge in [0, 0.05) is 42.1 Å². The first-order chi connectivity index (χ1) is 18.5. The van der Waals surface area contributed by atoms with Crippen molar-refractivity contribution in [3.63, 3.8) is 0 Å². The number of aromatic nitrogens is 2. The molecular weight excluding hydrogens is 535 g/mol. The molecule has 1 amide bonds. The van der Waals surface area contributed by atoms with Crippen molar-refractivity contribution in [3.05, 3.63) is 79.4 Å². The van der Waals surface area contributed by atoms with Crippen LogP contribution in [-0.2, 0) is 14.6 Å². The molecule has 0 radical (unpaired) electrons. The van der Waals surface area contributed by atoms with Crippen LogP contribution < -0.4 is 14.8 Å². The van der Waals surface area contributed by atoms with Crippen molar-refractivity contribution in [1.29, 1.82) is 0 Å². The molecule has 0 aliphatic rings. The average molecular weight is 558 g/mol. The topological polar surface area (TPSA) is 107 Å². The predicted octanol–water partition coefficient (Wildman–Crippen LogP) is 6.25. The van der Waals surface area contributed by atoms with Crippen LogP contribution in [0.1, 0.15) is 13.8 Å². The molecule has 202 valence electrons. The summed E-state index contributed by atoms with van der Waals surface area (Å²) in [6.07, 6.45) is -0.516. The third kappa shape index (κ3) is 6.71. The van der Waals surface area contributed by atoms with Crippen LogP contribution in [0.3, 0.4) is 0 Å². The van der Waals surface area contributed by atoms with Crippen molar-refractivity contribution in [2.45, 2.75) is 25.1 Å². The summed E-state index contributed by atoms with van der Waals surface area (Å²) in [4.78, 5) is 20.2. The lowest BCUT2D eigenvalue weighted by atomic mass is 9.96. The molecule has 0 fully saturated rings. The van der Waals surface area contributed by atoms with E-state index in [1.54, 1.807) is 24.3 Å². The zero-order chi connectivity index (χ0) is 28.2. The summed E-state index contributed by atoms with van der Waals surface area (Å²) in [7, 11) is -3.48. The second-order valence-electron chi connectivity index (χ2n) is 8.23. The number of anilines is 1. The van der Waals surface area contributed by atoms with E-state index in [-0.39, 0.29) is 28.1 Å². The number of benzene rings is 3. The molecule has 1 aromatic heterocycles. The molecule has 4 rings (SSSR count). The van der Waals surface area contributed by atoms with Crippen molar-refractivity contribution >= 4 is 21.4 Å². The van der Waals surface area contributed by atoms with Gasteiger partial charge in [0.1, 0.15) is 23.6 Å². The molecule has 1 N–H and O–H groups in total. The van der Waals surface area contributed by atoms with E-state index in [0.717, 1.165) is 12.1 Å². The smallest absolute Gasteiger partial charge is 0.456 e. The van der Waals surface area contributed by atoms with Crippen LogP contribution >= 0.6 is 0 Å². The van der Waals surface area contributed by atoms with Gasteiger partial charge in [0.05, 0.1) is 16.3 Å². The summed E-state index contributed by atoms with van der Waals surface area (Å²) >= 11 is 0. The van der Waals surface area contributed by atoms with E-state index in [9.17, 15) is 26.4 Å². The van der Waals surface area contributed by atoms with E-state index in [2.05, 4.69) is 20.0 Å². The number of amides is 1. The van der Waals surface area contributed by atoms with Crippen LogP contribution in [0.15, 0.2) is 84.3 Å². The van der Waals surface area contributed by atoms with Gasteiger partial charge in [0.25, 0.3) is 0 Å². The lowest BCUT2D eigenvalue weighted by Gasteiger charge is -2.20. The highest BCUT2D eigenvalue weighted by Crippen LogP contribution is 2.46. The molecule has 12 heteroatoms. The molecule has 1 heterocycles. The zero-order valence-corrected chi connectivity index (χ0v) is 21.5. The number of carbonyl (C=O) groups excluding carboxylic acids is 1. The van der Waals surface area contributed by atoms with Gasteiger partial charge in [-0.25, -0.2) is 18.4 Å². The molecule has 0 aliphatic heterocycles. The van der Waals surface area contributed by atoms with Gasteiger partial charge < -0.3 is 14.8 Å². The number of rotatable bonds is 8. The minimum absolute atomic E-state index is 0.0151. The summed E-state index contributed by atoms with van der Waals surface area (Å²) in [6.45, 7) is 2.85. The highest BCUT2D eigenvalue weighted by atomic mass is 32.2. The van der Waals surface area contributed by atoms with Crippen molar-refractivity contribution in [1.82, 2.24) is 9.97 Å². The number of nitrogens with one attached hydrogen (secondary N) is 1. The van der Waals surface area contributed by atoms with E-state index >= 15 is 0 Å². The van der Waals surface area contributed by atoms with Crippen LogP contribution in [0.5, 0.6) is 17.2 Å². The van der Waals surface area contributed by atoms with Gasteiger partial charge in [-0.15, -0.1) is 13.2 Å². The molecule has 0 saturated heterocycles. The number of halogens is 3. The second-order valence-corrected chi connectivity index (χ2v) is 10.5. The van der Waals surface area contributed by atoms with Crippen molar-refractivity contribution < 1.29 is 35.9 Å². The van der Waals surface area contributed by atoms with Crippen LogP contribution in [-0.4, -0.2) is 36.4 Å². The number of sulfone groups is 1. The Balaban J connectivity index is 1.94. The van der Waals surface area contributed by atoms with Gasteiger partial charge in [0.2, 0.25) is 5.91 Å². The van der Waals surface area contributed by atoms with Gasteiger partial charge in [-0.05, 0) is 42.0 Å². The van der Waals surface area contributed by atoms with Crippen molar-refractivity contribution in [2.24, 2.45) is 0 Å². The largest absolute Gasteiger partial charge is 0.573 e. The maximum atomic E-state index is 12.8. The number of alkyl halides is 3. The molecule has 39 heavy (non-hydrogen) atoms. The van der Waals surface area contributed by atoms with Crippen LogP contribution in [0.4, 0.5) is 18.9 Å². The van der Waals surface area contributed by atoms with E-state index in [0.29, 0.717) is 27.9 Å². The first-order valence-corrected chi connectivity index (χ1v) is 13.2. The van der Waals surface area contributed by atoms with E-state index < -0.39 is 21.9 Å². The maximum absolute atomic E-state index is 12.8.